The second-order valence-electron chi connectivity index (χ2n) is 7.35. The second-order valence-corrected chi connectivity index (χ2v) is 7.35. The van der Waals surface area contributed by atoms with Gasteiger partial charge in [0.05, 0.1) is 23.8 Å². The Balaban J connectivity index is 1.68. The summed E-state index contributed by atoms with van der Waals surface area (Å²) in [6.45, 7) is 0. The van der Waals surface area contributed by atoms with Crippen molar-refractivity contribution < 1.29 is 14.5 Å². The molecule has 0 unspecified atom stereocenters. The zero-order valence-corrected chi connectivity index (χ0v) is 17.1. The second kappa shape index (κ2) is 7.66. The van der Waals surface area contributed by atoms with Crippen LogP contribution >= 0.6 is 0 Å². The first-order valence-electron chi connectivity index (χ1n) is 9.94. The summed E-state index contributed by atoms with van der Waals surface area (Å²) in [7, 11) is 1.60. The molecule has 4 aromatic rings. The molecule has 1 N–H and O–H groups in total. The van der Waals surface area contributed by atoms with Crippen LogP contribution in [0.4, 0.5) is 11.4 Å². The van der Waals surface area contributed by atoms with Crippen LogP contribution in [-0.4, -0.2) is 28.1 Å². The number of aromatic amines is 1. The monoisotopic (exact) mass is 426 g/mol. The van der Waals surface area contributed by atoms with Crippen LogP contribution in [0.3, 0.4) is 0 Å². The van der Waals surface area contributed by atoms with Gasteiger partial charge < -0.3 is 4.74 Å². The van der Waals surface area contributed by atoms with E-state index in [0.717, 1.165) is 28.1 Å². The molecule has 32 heavy (non-hydrogen) atoms. The van der Waals surface area contributed by atoms with Crippen molar-refractivity contribution in [1.82, 2.24) is 10.2 Å². The maximum atomic E-state index is 13.4. The molecule has 1 aliphatic rings. The molecule has 0 fully saturated rings. The normalized spacial score (nSPS) is 15.0. The van der Waals surface area contributed by atoms with Gasteiger partial charge >= 0.3 is 0 Å². The first kappa shape index (κ1) is 19.5. The van der Waals surface area contributed by atoms with E-state index in [1.165, 1.54) is 12.1 Å². The molecule has 0 bridgehead atoms. The number of hydrogen-bond acceptors (Lipinski definition) is 5. The molecule has 0 saturated carbocycles. The van der Waals surface area contributed by atoms with Crippen LogP contribution in [0, 0.1) is 10.1 Å². The molecule has 1 aliphatic heterocycles. The van der Waals surface area contributed by atoms with Crippen LogP contribution in [0.1, 0.15) is 27.7 Å². The Kier molecular flexibility index (Phi) is 4.67. The van der Waals surface area contributed by atoms with Crippen molar-refractivity contribution in [3.05, 3.63) is 106 Å². The van der Waals surface area contributed by atoms with Gasteiger partial charge in [0.25, 0.3) is 11.6 Å². The highest BCUT2D eigenvalue weighted by Crippen LogP contribution is 2.45. The molecule has 0 radical (unpaired) electrons. The largest absolute Gasteiger partial charge is 0.497 e. The Hall–Kier alpha value is -4.46. The summed E-state index contributed by atoms with van der Waals surface area (Å²) in [5.41, 5.74) is 4.09. The van der Waals surface area contributed by atoms with Gasteiger partial charge in [-0.3, -0.25) is 24.9 Å². The predicted octanol–water partition coefficient (Wildman–Crippen LogP) is 4.74. The smallest absolute Gasteiger partial charge is 0.277 e. The van der Waals surface area contributed by atoms with Crippen molar-refractivity contribution in [2.45, 2.75) is 6.04 Å². The van der Waals surface area contributed by atoms with E-state index >= 15 is 0 Å². The molecule has 0 spiro atoms. The number of aromatic nitrogens is 2. The lowest BCUT2D eigenvalue weighted by atomic mass is 9.95. The number of hydrogen-bond donors (Lipinski definition) is 1. The minimum absolute atomic E-state index is 0.00729. The number of ether oxygens (including phenoxy) is 1. The Morgan fingerprint density at radius 1 is 1.00 bits per heavy atom. The number of nitro groups is 1. The fourth-order valence-electron chi connectivity index (χ4n) is 4.06. The average molecular weight is 426 g/mol. The molecule has 8 nitrogen and oxygen atoms in total. The number of amides is 1. The van der Waals surface area contributed by atoms with E-state index in [9.17, 15) is 14.9 Å². The van der Waals surface area contributed by atoms with Gasteiger partial charge in [-0.05, 0) is 54.1 Å². The summed E-state index contributed by atoms with van der Waals surface area (Å²) in [6, 6.07) is 22.6. The number of nitrogens with one attached hydrogen (secondary N) is 1. The van der Waals surface area contributed by atoms with Crippen LogP contribution in [-0.2, 0) is 0 Å². The van der Waals surface area contributed by atoms with Crippen LogP contribution < -0.4 is 9.64 Å². The fourth-order valence-corrected chi connectivity index (χ4v) is 4.06. The number of non-ortho nitro benzene ring substituents is 1. The first-order chi connectivity index (χ1) is 15.6. The lowest BCUT2D eigenvalue weighted by molar-refractivity contribution is -0.384. The van der Waals surface area contributed by atoms with E-state index in [-0.39, 0.29) is 11.6 Å². The Labute approximate surface area is 183 Å². The molecule has 158 valence electrons. The third kappa shape index (κ3) is 3.09. The molecular formula is C24H18N4O4. The molecular weight excluding hydrogens is 408 g/mol. The summed E-state index contributed by atoms with van der Waals surface area (Å²) in [5, 5.41) is 18.5. The van der Waals surface area contributed by atoms with Gasteiger partial charge in [0.2, 0.25) is 0 Å². The van der Waals surface area contributed by atoms with E-state index < -0.39 is 11.0 Å². The van der Waals surface area contributed by atoms with Crippen molar-refractivity contribution in [3.63, 3.8) is 0 Å². The summed E-state index contributed by atoms with van der Waals surface area (Å²) < 4.78 is 5.25. The van der Waals surface area contributed by atoms with E-state index in [2.05, 4.69) is 10.2 Å². The number of para-hydroxylation sites is 1. The van der Waals surface area contributed by atoms with Crippen molar-refractivity contribution in [2.75, 3.05) is 12.0 Å². The highest BCUT2D eigenvalue weighted by atomic mass is 16.6. The number of H-pyrrole nitrogens is 1. The summed E-state index contributed by atoms with van der Waals surface area (Å²) in [6.07, 6.45) is 0. The zero-order valence-electron chi connectivity index (χ0n) is 17.1. The van der Waals surface area contributed by atoms with Crippen LogP contribution in [0.25, 0.3) is 11.3 Å². The molecule has 8 heteroatoms. The number of anilines is 1. The zero-order chi connectivity index (χ0) is 22.2. The predicted molar refractivity (Wildman–Crippen MR) is 119 cm³/mol. The summed E-state index contributed by atoms with van der Waals surface area (Å²) in [5.74, 6) is 0.511. The average Bonchev–Trinajstić information content (AvgIpc) is 3.38. The number of fused-ring (bicyclic) bond motifs is 1. The van der Waals surface area contributed by atoms with Gasteiger partial charge in [-0.15, -0.1) is 0 Å². The number of carbonyl (C=O) groups is 1. The molecule has 1 atom stereocenters. The standard InChI is InChI=1S/C24H18N4O4/c1-32-19-13-9-15(10-14-19)21-20-22(26-25-21)24(29)27(17-5-3-2-4-6-17)23(20)16-7-11-18(12-8-16)28(30)31/h2-14,23H,1H3,(H,25,26)/t23-/m0/s1. The van der Waals surface area contributed by atoms with E-state index in [4.69, 9.17) is 4.74 Å². The highest BCUT2D eigenvalue weighted by molar-refractivity contribution is 6.11. The molecule has 0 saturated heterocycles. The number of rotatable bonds is 5. The third-order valence-electron chi connectivity index (χ3n) is 5.59. The van der Waals surface area contributed by atoms with Gasteiger partial charge in [0.1, 0.15) is 11.4 Å². The van der Waals surface area contributed by atoms with Crippen molar-refractivity contribution >= 4 is 17.3 Å². The van der Waals surface area contributed by atoms with Gasteiger partial charge in [-0.25, -0.2) is 0 Å². The summed E-state index contributed by atoms with van der Waals surface area (Å²) in [4.78, 5) is 25.8. The quantitative estimate of drug-likeness (QED) is 0.367. The molecule has 1 amide bonds. The molecule has 3 aromatic carbocycles. The van der Waals surface area contributed by atoms with E-state index in [1.807, 2.05) is 54.6 Å². The van der Waals surface area contributed by atoms with Gasteiger partial charge in [-0.1, -0.05) is 18.2 Å². The van der Waals surface area contributed by atoms with Crippen molar-refractivity contribution in [3.8, 4) is 17.0 Å². The lowest BCUT2D eigenvalue weighted by Crippen LogP contribution is -2.29. The van der Waals surface area contributed by atoms with E-state index in [1.54, 1.807) is 24.1 Å². The molecule has 0 aliphatic carbocycles. The molecule has 2 heterocycles. The minimum Gasteiger partial charge on any atom is -0.497 e. The van der Waals surface area contributed by atoms with Crippen LogP contribution in [0.5, 0.6) is 5.75 Å². The number of carbonyl (C=O) groups excluding carboxylic acids is 1. The van der Waals surface area contributed by atoms with Crippen LogP contribution in [0.15, 0.2) is 78.9 Å². The maximum absolute atomic E-state index is 13.4. The number of nitrogens with zero attached hydrogens (tertiary/aromatic N) is 3. The topological polar surface area (TPSA) is 101 Å². The van der Waals surface area contributed by atoms with Gasteiger partial charge in [0.15, 0.2) is 0 Å². The Bertz CT molecular complexity index is 1300. The summed E-state index contributed by atoms with van der Waals surface area (Å²) >= 11 is 0. The highest BCUT2D eigenvalue weighted by Gasteiger charge is 2.43. The van der Waals surface area contributed by atoms with E-state index in [0.29, 0.717) is 11.4 Å². The molecule has 1 aromatic heterocycles. The van der Waals surface area contributed by atoms with Gasteiger partial charge in [0, 0.05) is 28.9 Å². The third-order valence-corrected chi connectivity index (χ3v) is 5.59. The lowest BCUT2D eigenvalue weighted by Gasteiger charge is -2.26. The molecule has 5 rings (SSSR count). The van der Waals surface area contributed by atoms with Gasteiger partial charge in [-0.2, -0.15) is 5.10 Å². The number of methoxy groups -OCH3 is 1. The van der Waals surface area contributed by atoms with Crippen molar-refractivity contribution in [2.24, 2.45) is 0 Å². The Morgan fingerprint density at radius 3 is 2.31 bits per heavy atom. The maximum Gasteiger partial charge on any atom is 0.277 e. The minimum atomic E-state index is -0.489. The fraction of sp³-hybridized carbons (Fsp3) is 0.0833. The van der Waals surface area contributed by atoms with Crippen LogP contribution in [0.2, 0.25) is 0 Å². The Morgan fingerprint density at radius 2 is 1.69 bits per heavy atom. The SMILES string of the molecule is COc1ccc(-c2n[nH]c3c2[C@H](c2ccc([N+](=O)[O-])cc2)N(c2ccccc2)C3=O)cc1. The first-order valence-corrected chi connectivity index (χ1v) is 9.94. The van der Waals surface area contributed by atoms with Crippen molar-refractivity contribution in [1.29, 1.82) is 0 Å². The number of benzene rings is 3. The number of nitro benzene ring substituents is 1.